The molecular weight excluding hydrogens is 364 g/mol. The first-order valence-corrected chi connectivity index (χ1v) is 8.71. The van der Waals surface area contributed by atoms with Crippen molar-refractivity contribution in [1.29, 1.82) is 0 Å². The van der Waals surface area contributed by atoms with E-state index in [1.807, 2.05) is 6.92 Å². The van der Waals surface area contributed by atoms with Crippen LogP contribution in [0.15, 0.2) is 48.5 Å². The molecule has 1 fully saturated rings. The molecule has 7 heteroatoms. The molecule has 0 amide bonds. The summed E-state index contributed by atoms with van der Waals surface area (Å²) in [5, 5.41) is 0. The maximum atomic E-state index is 14.4. The van der Waals surface area contributed by atoms with Gasteiger partial charge in [0.2, 0.25) is 0 Å². The second-order valence-electron chi connectivity index (χ2n) is 6.42. The van der Waals surface area contributed by atoms with E-state index in [0.29, 0.717) is 5.56 Å². The number of ether oxygens (including phenoxy) is 3. The molecule has 1 saturated heterocycles. The molecule has 2 aromatic carbocycles. The van der Waals surface area contributed by atoms with Crippen LogP contribution in [0.4, 0.5) is 17.6 Å². The Kier molecular flexibility index (Phi) is 5.72. The summed E-state index contributed by atoms with van der Waals surface area (Å²) in [5.74, 6) is -0.422. The monoisotopic (exact) mass is 384 g/mol. The molecule has 0 atom stereocenters. The highest BCUT2D eigenvalue weighted by molar-refractivity contribution is 5.31. The quantitative estimate of drug-likeness (QED) is 0.620. The van der Waals surface area contributed by atoms with Crippen molar-refractivity contribution in [3.05, 3.63) is 65.2 Å². The molecule has 0 aliphatic carbocycles. The first-order valence-electron chi connectivity index (χ1n) is 8.71. The van der Waals surface area contributed by atoms with Crippen LogP contribution in [-0.4, -0.2) is 19.5 Å². The third-order valence-corrected chi connectivity index (χ3v) is 4.33. The molecule has 1 heterocycles. The predicted molar refractivity (Wildman–Crippen MR) is 91.0 cm³/mol. The number of hydrogen-bond acceptors (Lipinski definition) is 3. The van der Waals surface area contributed by atoms with E-state index >= 15 is 0 Å². The predicted octanol–water partition coefficient (Wildman–Crippen LogP) is 5.45. The van der Waals surface area contributed by atoms with Crippen LogP contribution >= 0.6 is 0 Å². The zero-order valence-corrected chi connectivity index (χ0v) is 14.8. The minimum Gasteiger partial charge on any atom is -0.429 e. The molecule has 0 aromatic heterocycles. The van der Waals surface area contributed by atoms with Gasteiger partial charge < -0.3 is 4.74 Å². The van der Waals surface area contributed by atoms with E-state index in [1.54, 1.807) is 12.1 Å². The van der Waals surface area contributed by atoms with Crippen LogP contribution < -0.4 is 4.74 Å². The van der Waals surface area contributed by atoms with E-state index in [1.165, 1.54) is 36.4 Å². The molecule has 27 heavy (non-hydrogen) atoms. The van der Waals surface area contributed by atoms with Gasteiger partial charge in [0.05, 0.1) is 18.8 Å². The van der Waals surface area contributed by atoms with E-state index in [4.69, 9.17) is 4.74 Å². The Morgan fingerprint density at radius 1 is 1.00 bits per heavy atom. The van der Waals surface area contributed by atoms with Crippen LogP contribution in [0.5, 0.6) is 5.75 Å². The summed E-state index contributed by atoms with van der Waals surface area (Å²) in [4.78, 5) is 0. The Morgan fingerprint density at radius 3 is 2.15 bits per heavy atom. The van der Waals surface area contributed by atoms with E-state index in [2.05, 4.69) is 9.47 Å². The van der Waals surface area contributed by atoms with Gasteiger partial charge in [-0.2, -0.15) is 8.78 Å². The van der Waals surface area contributed by atoms with Gasteiger partial charge in [-0.3, -0.25) is 9.47 Å². The highest BCUT2D eigenvalue weighted by Gasteiger charge is 2.39. The highest BCUT2D eigenvalue weighted by Crippen LogP contribution is 2.34. The van der Waals surface area contributed by atoms with Gasteiger partial charge in [0, 0.05) is 5.92 Å². The molecule has 2 aromatic rings. The maximum absolute atomic E-state index is 14.4. The second-order valence-corrected chi connectivity index (χ2v) is 6.42. The summed E-state index contributed by atoms with van der Waals surface area (Å²) in [6, 6.07) is 11.9. The summed E-state index contributed by atoms with van der Waals surface area (Å²) in [7, 11) is 0. The van der Waals surface area contributed by atoms with Crippen LogP contribution in [0.3, 0.4) is 0 Å². The van der Waals surface area contributed by atoms with Gasteiger partial charge in [-0.05, 0) is 41.8 Å². The molecule has 3 rings (SSSR count). The third kappa shape index (κ3) is 4.99. The first-order chi connectivity index (χ1) is 12.8. The van der Waals surface area contributed by atoms with Crippen molar-refractivity contribution in [3.8, 4) is 5.75 Å². The number of halogens is 4. The number of benzene rings is 2. The Balaban J connectivity index is 1.64. The fourth-order valence-corrected chi connectivity index (χ4v) is 2.85. The lowest BCUT2D eigenvalue weighted by Gasteiger charge is -2.28. The van der Waals surface area contributed by atoms with Gasteiger partial charge >= 0.3 is 12.4 Å². The van der Waals surface area contributed by atoms with E-state index < -0.39 is 18.3 Å². The van der Waals surface area contributed by atoms with Crippen molar-refractivity contribution in [3.63, 3.8) is 0 Å². The van der Waals surface area contributed by atoms with Crippen molar-refractivity contribution in [2.45, 2.75) is 38.1 Å². The number of rotatable bonds is 6. The molecule has 3 nitrogen and oxygen atoms in total. The molecule has 0 saturated carbocycles. The highest BCUT2D eigenvalue weighted by atomic mass is 19.3. The van der Waals surface area contributed by atoms with E-state index in [0.717, 1.165) is 18.4 Å². The normalized spacial score (nSPS) is 17.7. The summed E-state index contributed by atoms with van der Waals surface area (Å²) < 4.78 is 67.8. The zero-order chi connectivity index (χ0) is 19.5. The largest absolute Gasteiger partial charge is 0.485 e. The lowest BCUT2D eigenvalue weighted by molar-refractivity contribution is -0.414. The van der Waals surface area contributed by atoms with Crippen molar-refractivity contribution < 1.29 is 31.8 Å². The van der Waals surface area contributed by atoms with E-state index in [-0.39, 0.29) is 24.5 Å². The van der Waals surface area contributed by atoms with Gasteiger partial charge in [0.25, 0.3) is 0 Å². The van der Waals surface area contributed by atoms with Crippen LogP contribution in [0.25, 0.3) is 0 Å². The fraction of sp³-hybridized carbons (Fsp3) is 0.400. The third-order valence-electron chi connectivity index (χ3n) is 4.33. The van der Waals surface area contributed by atoms with Crippen LogP contribution in [0.1, 0.15) is 36.0 Å². The summed E-state index contributed by atoms with van der Waals surface area (Å²) in [6.45, 7) is 1.59. The fourth-order valence-electron chi connectivity index (χ4n) is 2.85. The molecule has 0 spiro atoms. The minimum absolute atomic E-state index is 0.0237. The summed E-state index contributed by atoms with van der Waals surface area (Å²) in [5.41, 5.74) is 1.40. The molecule has 0 N–H and O–H groups in total. The molecule has 0 radical (unpaired) electrons. The topological polar surface area (TPSA) is 27.7 Å². The lowest BCUT2D eigenvalue weighted by Crippen LogP contribution is -2.36. The lowest BCUT2D eigenvalue weighted by atomic mass is 10.0. The molecule has 146 valence electrons. The summed E-state index contributed by atoms with van der Waals surface area (Å²) >= 11 is 0. The van der Waals surface area contributed by atoms with Crippen molar-refractivity contribution >= 4 is 0 Å². The smallest absolute Gasteiger partial charge is 0.429 e. The van der Waals surface area contributed by atoms with Crippen LogP contribution in [0.2, 0.25) is 0 Å². The van der Waals surface area contributed by atoms with Gasteiger partial charge in [0.15, 0.2) is 0 Å². The maximum Gasteiger partial charge on any atom is 0.485 e. The molecule has 1 aliphatic rings. The van der Waals surface area contributed by atoms with Crippen molar-refractivity contribution in [2.75, 3.05) is 13.2 Å². The van der Waals surface area contributed by atoms with E-state index in [9.17, 15) is 17.6 Å². The average molecular weight is 384 g/mol. The van der Waals surface area contributed by atoms with Crippen molar-refractivity contribution in [1.82, 2.24) is 0 Å². The van der Waals surface area contributed by atoms with Crippen molar-refractivity contribution in [2.24, 2.45) is 0 Å². The zero-order valence-electron chi connectivity index (χ0n) is 14.8. The molecule has 1 aliphatic heterocycles. The molecule has 0 bridgehead atoms. The summed E-state index contributed by atoms with van der Waals surface area (Å²) in [6.07, 6.45) is -5.29. The Labute approximate surface area is 154 Å². The van der Waals surface area contributed by atoms with Gasteiger partial charge in [-0.15, -0.1) is 8.78 Å². The average Bonchev–Trinajstić information content (AvgIpc) is 2.63. The Bertz CT molecular complexity index is 735. The Hall–Kier alpha value is -2.12. The number of aryl methyl sites for hydroxylation is 1. The molecular formula is C20H20F4O3. The Morgan fingerprint density at radius 2 is 1.59 bits per heavy atom. The standard InChI is InChI=1S/C20H20F4O3/c1-2-3-14-4-8-17(9-5-14)19(21,22)27-18-10-6-15(7-11-18)16-12-25-20(23,24)26-13-16/h4-11,16H,2-3,12-13H2,1H3. The number of hydrogen-bond donors (Lipinski definition) is 0. The minimum atomic E-state index is -3.58. The van der Waals surface area contributed by atoms with Gasteiger partial charge in [-0.1, -0.05) is 37.6 Å². The van der Waals surface area contributed by atoms with Gasteiger partial charge in [0.1, 0.15) is 5.75 Å². The first kappa shape index (κ1) is 19.6. The number of alkyl halides is 4. The van der Waals surface area contributed by atoms with Crippen LogP contribution in [-0.2, 0) is 22.0 Å². The molecule has 0 unspecified atom stereocenters. The SMILES string of the molecule is CCCc1ccc(C(F)(F)Oc2ccc(C3COC(F)(F)OC3)cc2)cc1. The second kappa shape index (κ2) is 7.86. The van der Waals surface area contributed by atoms with Crippen LogP contribution in [0, 0.1) is 0 Å². The van der Waals surface area contributed by atoms with Gasteiger partial charge in [-0.25, -0.2) is 0 Å².